The second-order valence-corrected chi connectivity index (χ2v) is 5.38. The monoisotopic (exact) mass is 343 g/mol. The van der Waals surface area contributed by atoms with Crippen molar-refractivity contribution < 1.29 is 19.0 Å². The summed E-state index contributed by atoms with van der Waals surface area (Å²) in [6, 6.07) is 12.9. The summed E-state index contributed by atoms with van der Waals surface area (Å²) in [7, 11) is 1.60. The predicted octanol–water partition coefficient (Wildman–Crippen LogP) is 3.47. The molecule has 0 saturated carbocycles. The van der Waals surface area contributed by atoms with Crippen LogP contribution < -0.4 is 19.5 Å². The molecule has 5 nitrogen and oxygen atoms in total. The van der Waals surface area contributed by atoms with Crippen LogP contribution >= 0.6 is 0 Å². The average Bonchev–Trinajstić information content (AvgIpc) is 2.64. The lowest BCUT2D eigenvalue weighted by molar-refractivity contribution is 0.0954. The molecule has 0 radical (unpaired) electrons. The molecule has 0 aliphatic carbocycles. The molecule has 0 fully saturated rings. The van der Waals surface area contributed by atoms with E-state index in [1.807, 2.05) is 32.0 Å². The van der Waals surface area contributed by atoms with E-state index in [4.69, 9.17) is 14.2 Å². The van der Waals surface area contributed by atoms with Crippen molar-refractivity contribution in [2.24, 2.45) is 0 Å². The average molecular weight is 343 g/mol. The molecule has 0 aromatic heterocycles. The largest absolute Gasteiger partial charge is 0.497 e. The molecule has 0 spiro atoms. The molecule has 0 saturated heterocycles. The maximum absolute atomic E-state index is 12.1. The van der Waals surface area contributed by atoms with Crippen molar-refractivity contribution >= 4 is 5.91 Å². The van der Waals surface area contributed by atoms with Crippen molar-refractivity contribution in [1.82, 2.24) is 5.32 Å². The first-order valence-electron chi connectivity index (χ1n) is 8.48. The third-order valence-corrected chi connectivity index (χ3v) is 3.66. The third-order valence-electron chi connectivity index (χ3n) is 3.66. The number of hydrogen-bond acceptors (Lipinski definition) is 4. The van der Waals surface area contributed by atoms with Gasteiger partial charge in [0.05, 0.1) is 20.3 Å². The van der Waals surface area contributed by atoms with E-state index in [2.05, 4.69) is 5.32 Å². The highest BCUT2D eigenvalue weighted by Gasteiger charge is 2.08. The van der Waals surface area contributed by atoms with Gasteiger partial charge in [-0.1, -0.05) is 6.07 Å². The molecule has 25 heavy (non-hydrogen) atoms. The first-order chi connectivity index (χ1) is 12.2. The van der Waals surface area contributed by atoms with Gasteiger partial charge in [0.2, 0.25) is 0 Å². The molecule has 0 aliphatic heterocycles. The zero-order valence-electron chi connectivity index (χ0n) is 15.0. The maximum Gasteiger partial charge on any atom is 0.251 e. The Hall–Kier alpha value is -2.69. The zero-order chi connectivity index (χ0) is 18.1. The van der Waals surface area contributed by atoms with Crippen molar-refractivity contribution in [3.05, 3.63) is 53.6 Å². The van der Waals surface area contributed by atoms with Crippen LogP contribution in [0.25, 0.3) is 0 Å². The van der Waals surface area contributed by atoms with Crippen LogP contribution in [0.15, 0.2) is 42.5 Å². The van der Waals surface area contributed by atoms with Gasteiger partial charge in [-0.25, -0.2) is 0 Å². The van der Waals surface area contributed by atoms with Crippen LogP contribution in [0.1, 0.15) is 29.8 Å². The van der Waals surface area contributed by atoms with Gasteiger partial charge in [0.25, 0.3) is 5.91 Å². The molecule has 2 aromatic rings. The Balaban J connectivity index is 1.91. The minimum Gasteiger partial charge on any atom is -0.497 e. The summed E-state index contributed by atoms with van der Waals surface area (Å²) in [6.45, 7) is 5.61. The van der Waals surface area contributed by atoms with Crippen LogP contribution in [0.5, 0.6) is 17.2 Å². The summed E-state index contributed by atoms with van der Waals surface area (Å²) in [6.07, 6.45) is 0.717. The first kappa shape index (κ1) is 18.6. The van der Waals surface area contributed by atoms with Crippen molar-refractivity contribution in [3.8, 4) is 17.2 Å². The number of hydrogen-bond donors (Lipinski definition) is 1. The van der Waals surface area contributed by atoms with E-state index >= 15 is 0 Å². The van der Waals surface area contributed by atoms with Crippen molar-refractivity contribution in [2.75, 3.05) is 26.9 Å². The number of ether oxygens (including phenoxy) is 3. The first-order valence-corrected chi connectivity index (χ1v) is 8.48. The van der Waals surface area contributed by atoms with Gasteiger partial charge in [-0.15, -0.1) is 0 Å². The van der Waals surface area contributed by atoms with Crippen LogP contribution in [0, 0.1) is 0 Å². The van der Waals surface area contributed by atoms with Crippen LogP contribution in [-0.2, 0) is 6.42 Å². The number of nitrogens with one attached hydrogen (secondary N) is 1. The summed E-state index contributed by atoms with van der Waals surface area (Å²) in [4.78, 5) is 12.1. The number of amides is 1. The fourth-order valence-electron chi connectivity index (χ4n) is 2.42. The number of methoxy groups -OCH3 is 1. The summed E-state index contributed by atoms with van der Waals surface area (Å²) in [5.74, 6) is 2.12. The standard InChI is InChI=1S/C20H25NO4/c1-4-24-18-11-6-15(14-19(18)25-5-2)12-13-21-20(22)16-7-9-17(23-3)10-8-16/h6-11,14H,4-5,12-13H2,1-3H3,(H,21,22). The predicted molar refractivity (Wildman–Crippen MR) is 97.8 cm³/mol. The van der Waals surface area contributed by atoms with E-state index in [0.29, 0.717) is 31.7 Å². The Morgan fingerprint density at radius 1 is 0.960 bits per heavy atom. The number of carbonyl (C=O) groups excluding carboxylic acids is 1. The highest BCUT2D eigenvalue weighted by molar-refractivity contribution is 5.94. The van der Waals surface area contributed by atoms with Crippen LogP contribution in [0.4, 0.5) is 0 Å². The van der Waals surface area contributed by atoms with Gasteiger partial charge in [0.1, 0.15) is 5.75 Å². The van der Waals surface area contributed by atoms with Crippen LogP contribution in [0.3, 0.4) is 0 Å². The van der Waals surface area contributed by atoms with Crippen molar-refractivity contribution in [2.45, 2.75) is 20.3 Å². The van der Waals surface area contributed by atoms with Crippen LogP contribution in [0.2, 0.25) is 0 Å². The van der Waals surface area contributed by atoms with E-state index in [1.165, 1.54) is 0 Å². The minimum atomic E-state index is -0.0985. The lowest BCUT2D eigenvalue weighted by atomic mass is 10.1. The molecular weight excluding hydrogens is 318 g/mol. The number of carbonyl (C=O) groups is 1. The maximum atomic E-state index is 12.1. The normalized spacial score (nSPS) is 10.2. The highest BCUT2D eigenvalue weighted by Crippen LogP contribution is 2.28. The Morgan fingerprint density at radius 2 is 1.64 bits per heavy atom. The Morgan fingerprint density at radius 3 is 2.28 bits per heavy atom. The van der Waals surface area contributed by atoms with Gasteiger partial charge in [-0.2, -0.15) is 0 Å². The molecule has 0 atom stereocenters. The van der Waals surface area contributed by atoms with Gasteiger partial charge >= 0.3 is 0 Å². The summed E-state index contributed by atoms with van der Waals surface area (Å²) in [5, 5.41) is 2.92. The molecule has 2 rings (SSSR count). The third kappa shape index (κ3) is 5.41. The van der Waals surface area contributed by atoms with Gasteiger partial charge in [-0.05, 0) is 62.2 Å². The molecule has 0 aliphatic rings. The second kappa shape index (κ2) is 9.57. The Kier molecular flexibility index (Phi) is 7.14. The lowest BCUT2D eigenvalue weighted by Crippen LogP contribution is -2.25. The molecule has 0 unspecified atom stereocenters. The molecule has 0 bridgehead atoms. The minimum absolute atomic E-state index is 0.0985. The molecule has 0 heterocycles. The lowest BCUT2D eigenvalue weighted by Gasteiger charge is -2.12. The SMILES string of the molecule is CCOc1ccc(CCNC(=O)c2ccc(OC)cc2)cc1OCC. The fourth-order valence-corrected chi connectivity index (χ4v) is 2.42. The fraction of sp³-hybridized carbons (Fsp3) is 0.350. The van der Waals surface area contributed by atoms with Crippen molar-refractivity contribution in [1.29, 1.82) is 0 Å². The van der Waals surface area contributed by atoms with Gasteiger partial charge in [0.15, 0.2) is 11.5 Å². The quantitative estimate of drug-likeness (QED) is 0.757. The van der Waals surface area contributed by atoms with E-state index < -0.39 is 0 Å². The molecular formula is C20H25NO4. The van der Waals surface area contributed by atoms with Gasteiger partial charge < -0.3 is 19.5 Å². The van der Waals surface area contributed by atoms with Crippen LogP contribution in [-0.4, -0.2) is 32.8 Å². The summed E-state index contributed by atoms with van der Waals surface area (Å²) in [5.41, 5.74) is 1.70. The highest BCUT2D eigenvalue weighted by atomic mass is 16.5. The number of benzene rings is 2. The van der Waals surface area contributed by atoms with E-state index in [9.17, 15) is 4.79 Å². The molecule has 1 amide bonds. The Bertz CT molecular complexity index is 683. The van der Waals surface area contributed by atoms with E-state index in [0.717, 1.165) is 22.8 Å². The number of rotatable bonds is 9. The molecule has 5 heteroatoms. The zero-order valence-corrected chi connectivity index (χ0v) is 15.0. The molecule has 134 valence electrons. The summed E-state index contributed by atoms with van der Waals surface area (Å²) >= 11 is 0. The molecule has 1 N–H and O–H groups in total. The molecule has 2 aromatic carbocycles. The van der Waals surface area contributed by atoms with Crippen molar-refractivity contribution in [3.63, 3.8) is 0 Å². The smallest absolute Gasteiger partial charge is 0.251 e. The van der Waals surface area contributed by atoms with Gasteiger partial charge in [-0.3, -0.25) is 4.79 Å². The second-order valence-electron chi connectivity index (χ2n) is 5.38. The Labute approximate surface area is 148 Å². The topological polar surface area (TPSA) is 56.8 Å². The van der Waals surface area contributed by atoms with E-state index in [-0.39, 0.29) is 5.91 Å². The summed E-state index contributed by atoms with van der Waals surface area (Å²) < 4.78 is 16.3. The van der Waals surface area contributed by atoms with E-state index in [1.54, 1.807) is 31.4 Å². The van der Waals surface area contributed by atoms with Gasteiger partial charge in [0, 0.05) is 12.1 Å².